The van der Waals surface area contributed by atoms with Gasteiger partial charge in [0.05, 0.1) is 0 Å². The molecular weight excluding hydrogens is 166 g/mol. The molecule has 5 nitrogen and oxygen atoms in total. The molecule has 11 heavy (non-hydrogen) atoms. The summed E-state index contributed by atoms with van der Waals surface area (Å²) in [5.41, 5.74) is 8.35. The van der Waals surface area contributed by atoms with E-state index in [2.05, 4.69) is 15.4 Å². The summed E-state index contributed by atoms with van der Waals surface area (Å²) < 4.78 is 0. The van der Waals surface area contributed by atoms with Crippen molar-refractivity contribution in [3.8, 4) is 0 Å². The van der Waals surface area contributed by atoms with Crippen LogP contribution in [0.2, 0.25) is 5.15 Å². The number of hydrogen-bond donors (Lipinski definition) is 3. The van der Waals surface area contributed by atoms with Gasteiger partial charge in [-0.15, -0.1) is 0 Å². The smallest absolute Gasteiger partial charge is 0.223 e. The molecule has 0 aliphatic rings. The van der Waals surface area contributed by atoms with Crippen molar-refractivity contribution < 1.29 is 0 Å². The standard InChI is InChI=1S/C5H8ClN5/c1-2-3(6)9-5(7)10-4(2)11-8/h8H2,1H3,(H3,7,9,10,11). The second-order valence-corrected chi connectivity index (χ2v) is 2.35. The lowest BCUT2D eigenvalue weighted by Gasteiger charge is -2.04. The first-order valence-electron chi connectivity index (χ1n) is 2.91. The molecule has 1 aromatic heterocycles. The van der Waals surface area contributed by atoms with Crippen LogP contribution in [0.1, 0.15) is 5.56 Å². The third-order valence-corrected chi connectivity index (χ3v) is 1.61. The van der Waals surface area contributed by atoms with Crippen molar-refractivity contribution in [3.63, 3.8) is 0 Å². The van der Waals surface area contributed by atoms with Gasteiger partial charge in [0, 0.05) is 5.56 Å². The predicted molar refractivity (Wildman–Crippen MR) is 44.0 cm³/mol. The first-order chi connectivity index (χ1) is 5.15. The lowest BCUT2D eigenvalue weighted by molar-refractivity contribution is 1.12. The van der Waals surface area contributed by atoms with E-state index in [0.29, 0.717) is 16.5 Å². The number of anilines is 2. The molecule has 0 saturated carbocycles. The van der Waals surface area contributed by atoms with Crippen molar-refractivity contribution in [3.05, 3.63) is 10.7 Å². The lowest BCUT2D eigenvalue weighted by atomic mass is 10.3. The number of nitrogens with one attached hydrogen (secondary N) is 1. The molecule has 0 spiro atoms. The van der Waals surface area contributed by atoms with Gasteiger partial charge in [-0.05, 0) is 6.92 Å². The fourth-order valence-electron chi connectivity index (χ4n) is 0.646. The van der Waals surface area contributed by atoms with E-state index in [1.807, 2.05) is 0 Å². The molecule has 0 unspecified atom stereocenters. The number of nitrogens with two attached hydrogens (primary N) is 2. The molecule has 1 aromatic rings. The number of aromatic nitrogens is 2. The Bertz CT molecular complexity index is 274. The zero-order valence-corrected chi connectivity index (χ0v) is 6.68. The summed E-state index contributed by atoms with van der Waals surface area (Å²) in [5.74, 6) is 5.69. The van der Waals surface area contributed by atoms with Gasteiger partial charge < -0.3 is 11.2 Å². The highest BCUT2D eigenvalue weighted by molar-refractivity contribution is 6.30. The van der Waals surface area contributed by atoms with E-state index in [1.165, 1.54) is 0 Å². The summed E-state index contributed by atoms with van der Waals surface area (Å²) >= 11 is 5.67. The highest BCUT2D eigenvalue weighted by Crippen LogP contribution is 2.18. The van der Waals surface area contributed by atoms with Crippen LogP contribution in [0.3, 0.4) is 0 Å². The van der Waals surface area contributed by atoms with Gasteiger partial charge in [-0.1, -0.05) is 11.6 Å². The Morgan fingerprint density at radius 3 is 2.64 bits per heavy atom. The predicted octanol–water partition coefficient (Wildman–Crippen LogP) is 0.306. The molecule has 0 aliphatic carbocycles. The Morgan fingerprint density at radius 1 is 1.45 bits per heavy atom. The zero-order valence-electron chi connectivity index (χ0n) is 5.93. The van der Waals surface area contributed by atoms with Gasteiger partial charge in [-0.2, -0.15) is 4.98 Å². The van der Waals surface area contributed by atoms with Crippen LogP contribution in [0.25, 0.3) is 0 Å². The second kappa shape index (κ2) is 2.89. The number of hydrogen-bond acceptors (Lipinski definition) is 5. The maximum absolute atomic E-state index is 5.67. The van der Waals surface area contributed by atoms with Crippen LogP contribution in [0.5, 0.6) is 0 Å². The van der Waals surface area contributed by atoms with Crippen molar-refractivity contribution in [2.24, 2.45) is 5.84 Å². The number of hydrazine groups is 1. The van der Waals surface area contributed by atoms with E-state index in [1.54, 1.807) is 6.92 Å². The third-order valence-electron chi connectivity index (χ3n) is 1.24. The molecule has 0 aromatic carbocycles. The van der Waals surface area contributed by atoms with Crippen LogP contribution in [0, 0.1) is 6.92 Å². The molecule has 0 radical (unpaired) electrons. The fraction of sp³-hybridized carbons (Fsp3) is 0.200. The van der Waals surface area contributed by atoms with E-state index in [0.717, 1.165) is 0 Å². The number of halogens is 1. The van der Waals surface area contributed by atoms with Gasteiger partial charge in [0.2, 0.25) is 5.95 Å². The Kier molecular flexibility index (Phi) is 2.11. The van der Waals surface area contributed by atoms with Crippen molar-refractivity contribution in [2.75, 3.05) is 11.2 Å². The summed E-state index contributed by atoms with van der Waals surface area (Å²) in [7, 11) is 0. The summed E-state index contributed by atoms with van der Waals surface area (Å²) in [6.45, 7) is 1.75. The molecule has 0 bridgehead atoms. The number of rotatable bonds is 1. The Balaban J connectivity index is 3.24. The van der Waals surface area contributed by atoms with E-state index in [4.69, 9.17) is 23.2 Å². The minimum Gasteiger partial charge on any atom is -0.368 e. The van der Waals surface area contributed by atoms with Gasteiger partial charge >= 0.3 is 0 Å². The van der Waals surface area contributed by atoms with Crippen LogP contribution in [0.4, 0.5) is 11.8 Å². The number of nitrogen functional groups attached to an aromatic ring is 2. The van der Waals surface area contributed by atoms with Crippen molar-refractivity contribution >= 4 is 23.4 Å². The summed E-state index contributed by atoms with van der Waals surface area (Å²) in [6, 6.07) is 0. The Hall–Kier alpha value is -1.07. The summed E-state index contributed by atoms with van der Waals surface area (Å²) in [6.07, 6.45) is 0. The monoisotopic (exact) mass is 173 g/mol. The second-order valence-electron chi connectivity index (χ2n) is 1.99. The molecule has 1 rings (SSSR count). The molecule has 0 atom stereocenters. The fourth-order valence-corrected chi connectivity index (χ4v) is 0.822. The van der Waals surface area contributed by atoms with Gasteiger partial charge in [-0.3, -0.25) is 0 Å². The zero-order chi connectivity index (χ0) is 8.43. The SMILES string of the molecule is Cc1c(Cl)nc(N)nc1NN. The first kappa shape index (κ1) is 8.03. The number of nitrogens with zero attached hydrogens (tertiary/aromatic N) is 2. The van der Waals surface area contributed by atoms with E-state index >= 15 is 0 Å². The van der Waals surface area contributed by atoms with Crippen molar-refractivity contribution in [2.45, 2.75) is 6.92 Å². The molecule has 60 valence electrons. The maximum Gasteiger partial charge on any atom is 0.223 e. The average Bonchev–Trinajstić information content (AvgIpc) is 1.96. The van der Waals surface area contributed by atoms with Crippen LogP contribution >= 0.6 is 11.6 Å². The highest BCUT2D eigenvalue weighted by Gasteiger charge is 2.04. The molecule has 0 aliphatic heterocycles. The van der Waals surface area contributed by atoms with E-state index in [-0.39, 0.29) is 5.95 Å². The average molecular weight is 174 g/mol. The van der Waals surface area contributed by atoms with Crippen LogP contribution < -0.4 is 17.0 Å². The molecule has 1 heterocycles. The minimum absolute atomic E-state index is 0.105. The van der Waals surface area contributed by atoms with Crippen LogP contribution in [-0.2, 0) is 0 Å². The highest BCUT2D eigenvalue weighted by atomic mass is 35.5. The van der Waals surface area contributed by atoms with Gasteiger partial charge in [-0.25, -0.2) is 10.8 Å². The Morgan fingerprint density at radius 2 is 2.09 bits per heavy atom. The minimum atomic E-state index is 0.105. The molecule has 0 amide bonds. The largest absolute Gasteiger partial charge is 0.368 e. The van der Waals surface area contributed by atoms with Gasteiger partial charge in [0.1, 0.15) is 11.0 Å². The molecule has 5 N–H and O–H groups in total. The molecule has 6 heteroatoms. The van der Waals surface area contributed by atoms with Gasteiger partial charge in [0.15, 0.2) is 0 Å². The normalized spacial score (nSPS) is 9.73. The van der Waals surface area contributed by atoms with E-state index in [9.17, 15) is 0 Å². The quantitative estimate of drug-likeness (QED) is 0.323. The van der Waals surface area contributed by atoms with Gasteiger partial charge in [0.25, 0.3) is 0 Å². The van der Waals surface area contributed by atoms with E-state index < -0.39 is 0 Å². The molecule has 0 saturated heterocycles. The van der Waals surface area contributed by atoms with Crippen molar-refractivity contribution in [1.82, 2.24) is 9.97 Å². The third kappa shape index (κ3) is 1.50. The van der Waals surface area contributed by atoms with Crippen LogP contribution in [-0.4, -0.2) is 9.97 Å². The van der Waals surface area contributed by atoms with Crippen molar-refractivity contribution in [1.29, 1.82) is 0 Å². The lowest BCUT2D eigenvalue weighted by Crippen LogP contribution is -2.12. The molecule has 0 fully saturated rings. The summed E-state index contributed by atoms with van der Waals surface area (Å²) in [5, 5.41) is 0.311. The topological polar surface area (TPSA) is 89.8 Å². The first-order valence-corrected chi connectivity index (χ1v) is 3.29. The molecular formula is C5H8ClN5. The van der Waals surface area contributed by atoms with Crippen LogP contribution in [0.15, 0.2) is 0 Å². The summed E-state index contributed by atoms with van der Waals surface area (Å²) in [4.78, 5) is 7.52. The maximum atomic E-state index is 5.67. The Labute approximate surface area is 68.7 Å².